The van der Waals surface area contributed by atoms with Crippen LogP contribution in [0.1, 0.15) is 12.0 Å². The first kappa shape index (κ1) is 13.7. The summed E-state index contributed by atoms with van der Waals surface area (Å²) in [6.07, 6.45) is 3.88. The molecule has 104 valence electrons. The lowest BCUT2D eigenvalue weighted by molar-refractivity contribution is -0.384. The molecule has 1 heterocycles. The SMILES string of the molecule is Cc1cnn(CCC(=O)Nc2ccc([N+](=O)[O-])cc2)c1. The highest BCUT2D eigenvalue weighted by Crippen LogP contribution is 2.15. The van der Waals surface area contributed by atoms with Crippen molar-refractivity contribution in [1.29, 1.82) is 0 Å². The molecule has 0 unspecified atom stereocenters. The van der Waals surface area contributed by atoms with Gasteiger partial charge in [0.2, 0.25) is 5.91 Å². The number of hydrogen-bond acceptors (Lipinski definition) is 4. The average molecular weight is 274 g/mol. The van der Waals surface area contributed by atoms with Crippen LogP contribution in [-0.2, 0) is 11.3 Å². The topological polar surface area (TPSA) is 90.1 Å². The van der Waals surface area contributed by atoms with Gasteiger partial charge in [-0.15, -0.1) is 0 Å². The van der Waals surface area contributed by atoms with Gasteiger partial charge in [-0.25, -0.2) is 0 Å². The first-order chi connectivity index (χ1) is 9.54. The lowest BCUT2D eigenvalue weighted by Gasteiger charge is -2.05. The Hall–Kier alpha value is -2.70. The number of hydrogen-bond donors (Lipinski definition) is 1. The number of nitrogens with zero attached hydrogens (tertiary/aromatic N) is 3. The highest BCUT2D eigenvalue weighted by Gasteiger charge is 2.06. The molecule has 1 amide bonds. The van der Waals surface area contributed by atoms with E-state index in [-0.39, 0.29) is 18.0 Å². The molecule has 1 aromatic carbocycles. The molecule has 7 heteroatoms. The minimum Gasteiger partial charge on any atom is -0.326 e. The maximum absolute atomic E-state index is 11.7. The summed E-state index contributed by atoms with van der Waals surface area (Å²) in [7, 11) is 0. The van der Waals surface area contributed by atoms with Gasteiger partial charge in [0.05, 0.1) is 11.1 Å². The van der Waals surface area contributed by atoms with Gasteiger partial charge in [0.1, 0.15) is 0 Å². The number of nitro benzene ring substituents is 1. The largest absolute Gasteiger partial charge is 0.326 e. The molecule has 0 radical (unpaired) electrons. The molecular formula is C13H14N4O3. The van der Waals surface area contributed by atoms with Crippen molar-refractivity contribution in [3.8, 4) is 0 Å². The standard InChI is InChI=1S/C13H14N4O3/c1-10-8-14-16(9-10)7-6-13(18)15-11-2-4-12(5-3-11)17(19)20/h2-5,8-9H,6-7H2,1H3,(H,15,18). The molecule has 2 rings (SSSR count). The fourth-order valence-corrected chi connectivity index (χ4v) is 1.70. The summed E-state index contributed by atoms with van der Waals surface area (Å²) in [6, 6.07) is 5.72. The van der Waals surface area contributed by atoms with Gasteiger partial charge in [-0.2, -0.15) is 5.10 Å². The zero-order valence-electron chi connectivity index (χ0n) is 10.9. The van der Waals surface area contributed by atoms with E-state index in [9.17, 15) is 14.9 Å². The van der Waals surface area contributed by atoms with E-state index in [1.54, 1.807) is 10.9 Å². The summed E-state index contributed by atoms with van der Waals surface area (Å²) in [5, 5.41) is 17.3. The summed E-state index contributed by atoms with van der Waals surface area (Å²) in [5.74, 6) is -0.160. The third-order valence-corrected chi connectivity index (χ3v) is 2.69. The number of amides is 1. The number of nitro groups is 1. The van der Waals surface area contributed by atoms with Crippen LogP contribution in [0.15, 0.2) is 36.7 Å². The van der Waals surface area contributed by atoms with Crippen molar-refractivity contribution in [3.05, 3.63) is 52.3 Å². The van der Waals surface area contributed by atoms with Crippen molar-refractivity contribution in [2.45, 2.75) is 19.9 Å². The Balaban J connectivity index is 1.86. The van der Waals surface area contributed by atoms with Gasteiger partial charge >= 0.3 is 0 Å². The molecule has 0 atom stereocenters. The van der Waals surface area contributed by atoms with Crippen molar-refractivity contribution in [1.82, 2.24) is 9.78 Å². The van der Waals surface area contributed by atoms with E-state index in [0.717, 1.165) is 5.56 Å². The van der Waals surface area contributed by atoms with Crippen LogP contribution < -0.4 is 5.32 Å². The lowest BCUT2D eigenvalue weighted by Crippen LogP contribution is -2.14. The van der Waals surface area contributed by atoms with Crippen LogP contribution in [0.5, 0.6) is 0 Å². The monoisotopic (exact) mass is 274 g/mol. The second-order valence-electron chi connectivity index (χ2n) is 4.38. The molecular weight excluding hydrogens is 260 g/mol. The Kier molecular flexibility index (Phi) is 4.09. The number of aromatic nitrogens is 2. The molecule has 0 aliphatic heterocycles. The molecule has 0 saturated heterocycles. The fraction of sp³-hybridized carbons (Fsp3) is 0.231. The summed E-state index contributed by atoms with van der Waals surface area (Å²) in [4.78, 5) is 21.7. The van der Waals surface area contributed by atoms with E-state index < -0.39 is 4.92 Å². The molecule has 0 aliphatic carbocycles. The zero-order valence-corrected chi connectivity index (χ0v) is 10.9. The van der Waals surface area contributed by atoms with E-state index in [0.29, 0.717) is 12.2 Å². The van der Waals surface area contributed by atoms with Crippen LogP contribution in [0, 0.1) is 17.0 Å². The van der Waals surface area contributed by atoms with Crippen molar-refractivity contribution < 1.29 is 9.72 Å². The van der Waals surface area contributed by atoms with Crippen molar-refractivity contribution in [3.63, 3.8) is 0 Å². The number of aryl methyl sites for hydroxylation is 2. The second-order valence-corrected chi connectivity index (χ2v) is 4.38. The Morgan fingerprint density at radius 1 is 1.40 bits per heavy atom. The minimum atomic E-state index is -0.481. The van der Waals surface area contributed by atoms with Gasteiger partial charge in [0.15, 0.2) is 0 Å². The van der Waals surface area contributed by atoms with Crippen LogP contribution >= 0.6 is 0 Å². The number of benzene rings is 1. The molecule has 7 nitrogen and oxygen atoms in total. The highest BCUT2D eigenvalue weighted by atomic mass is 16.6. The number of nitrogens with one attached hydrogen (secondary N) is 1. The minimum absolute atomic E-state index is 0.00462. The predicted octanol–water partition coefficient (Wildman–Crippen LogP) is 2.13. The smallest absolute Gasteiger partial charge is 0.269 e. The van der Waals surface area contributed by atoms with Crippen molar-refractivity contribution in [2.75, 3.05) is 5.32 Å². The number of carbonyl (C=O) groups is 1. The number of carbonyl (C=O) groups excluding carboxylic acids is 1. The van der Waals surface area contributed by atoms with Gasteiger partial charge in [-0.3, -0.25) is 19.6 Å². The van der Waals surface area contributed by atoms with Crippen molar-refractivity contribution in [2.24, 2.45) is 0 Å². The first-order valence-electron chi connectivity index (χ1n) is 6.08. The maximum atomic E-state index is 11.7. The molecule has 1 aromatic heterocycles. The third-order valence-electron chi connectivity index (χ3n) is 2.69. The molecule has 0 saturated carbocycles. The molecule has 2 aromatic rings. The number of rotatable bonds is 5. The summed E-state index contributed by atoms with van der Waals surface area (Å²) < 4.78 is 1.70. The quantitative estimate of drug-likeness (QED) is 0.668. The maximum Gasteiger partial charge on any atom is 0.269 e. The van der Waals surface area contributed by atoms with Crippen LogP contribution in [0.2, 0.25) is 0 Å². The summed E-state index contributed by atoms with van der Waals surface area (Å²) in [5.41, 5.74) is 1.58. The lowest BCUT2D eigenvalue weighted by atomic mass is 10.2. The third kappa shape index (κ3) is 3.64. The van der Waals surface area contributed by atoms with Gasteiger partial charge < -0.3 is 5.32 Å². The van der Waals surface area contributed by atoms with Gasteiger partial charge in [0.25, 0.3) is 5.69 Å². The molecule has 0 spiro atoms. The molecule has 1 N–H and O–H groups in total. The van der Waals surface area contributed by atoms with E-state index in [1.165, 1.54) is 24.3 Å². The van der Waals surface area contributed by atoms with E-state index in [4.69, 9.17) is 0 Å². The Morgan fingerprint density at radius 2 is 2.10 bits per heavy atom. The molecule has 0 fully saturated rings. The number of anilines is 1. The summed E-state index contributed by atoms with van der Waals surface area (Å²) >= 11 is 0. The average Bonchev–Trinajstić information content (AvgIpc) is 2.83. The van der Waals surface area contributed by atoms with Crippen LogP contribution in [-0.4, -0.2) is 20.6 Å². The Bertz CT molecular complexity index is 619. The van der Waals surface area contributed by atoms with Crippen molar-refractivity contribution >= 4 is 17.3 Å². The normalized spacial score (nSPS) is 10.2. The predicted molar refractivity (Wildman–Crippen MR) is 73.3 cm³/mol. The van der Waals surface area contributed by atoms with Crippen LogP contribution in [0.25, 0.3) is 0 Å². The molecule has 0 aliphatic rings. The van der Waals surface area contributed by atoms with E-state index in [1.807, 2.05) is 13.1 Å². The Morgan fingerprint density at radius 3 is 2.65 bits per heavy atom. The van der Waals surface area contributed by atoms with E-state index in [2.05, 4.69) is 10.4 Å². The Labute approximate surface area is 115 Å². The van der Waals surface area contributed by atoms with Gasteiger partial charge in [-0.1, -0.05) is 0 Å². The number of non-ortho nitro benzene ring substituents is 1. The van der Waals surface area contributed by atoms with Crippen LogP contribution in [0.4, 0.5) is 11.4 Å². The second kappa shape index (κ2) is 5.96. The van der Waals surface area contributed by atoms with Gasteiger partial charge in [-0.05, 0) is 24.6 Å². The highest BCUT2D eigenvalue weighted by molar-refractivity contribution is 5.90. The summed E-state index contributed by atoms with van der Waals surface area (Å²) in [6.45, 7) is 2.42. The van der Waals surface area contributed by atoms with E-state index >= 15 is 0 Å². The first-order valence-corrected chi connectivity index (χ1v) is 6.08. The fourth-order valence-electron chi connectivity index (χ4n) is 1.70. The molecule has 20 heavy (non-hydrogen) atoms. The zero-order chi connectivity index (χ0) is 14.5. The van der Waals surface area contributed by atoms with Crippen LogP contribution in [0.3, 0.4) is 0 Å². The molecule has 0 bridgehead atoms. The van der Waals surface area contributed by atoms with Gasteiger partial charge in [0, 0.05) is 37.0 Å².